The topological polar surface area (TPSA) is 42.0 Å². The van der Waals surface area contributed by atoms with Crippen molar-refractivity contribution < 1.29 is 4.79 Å². The van der Waals surface area contributed by atoms with E-state index >= 15 is 0 Å². The first kappa shape index (κ1) is 20.0. The molecule has 3 heteroatoms. The third-order valence-electron chi connectivity index (χ3n) is 2.85. The summed E-state index contributed by atoms with van der Waals surface area (Å²) in [6, 6.07) is 3.66. The van der Waals surface area contributed by atoms with Gasteiger partial charge >= 0.3 is 0 Å². The summed E-state index contributed by atoms with van der Waals surface area (Å²) in [5.41, 5.74) is 2.28. The maximum absolute atomic E-state index is 11.9. The number of nitrogens with one attached hydrogen (secondary N) is 1. The highest BCUT2D eigenvalue weighted by Gasteiger charge is 2.06. The van der Waals surface area contributed by atoms with Crippen molar-refractivity contribution in [1.82, 2.24) is 10.3 Å². The van der Waals surface area contributed by atoms with Crippen LogP contribution in [0.25, 0.3) is 5.57 Å². The molecule has 0 aliphatic heterocycles. The zero-order chi connectivity index (χ0) is 16.8. The smallest absolute Gasteiger partial charge is 0.164 e. The second-order valence-electron chi connectivity index (χ2n) is 4.47. The van der Waals surface area contributed by atoms with Gasteiger partial charge < -0.3 is 5.32 Å². The first-order valence-electron chi connectivity index (χ1n) is 7.81. The normalized spacial score (nSPS) is 10.5. The summed E-state index contributed by atoms with van der Waals surface area (Å²) in [4.78, 5) is 16.2. The van der Waals surface area contributed by atoms with E-state index in [0.29, 0.717) is 12.0 Å². The van der Waals surface area contributed by atoms with Gasteiger partial charge in [-0.3, -0.25) is 9.78 Å². The summed E-state index contributed by atoms with van der Waals surface area (Å²) in [5.74, 6) is 0.134. The van der Waals surface area contributed by atoms with Gasteiger partial charge in [0.15, 0.2) is 5.78 Å². The highest BCUT2D eigenvalue weighted by molar-refractivity contribution is 5.95. The van der Waals surface area contributed by atoms with Crippen molar-refractivity contribution in [3.05, 3.63) is 60.5 Å². The number of nitrogens with zero attached hydrogens (tertiary/aromatic N) is 1. The molecule has 0 aliphatic rings. The van der Waals surface area contributed by atoms with Gasteiger partial charge in [0.1, 0.15) is 0 Å². The quantitative estimate of drug-likeness (QED) is 0.438. The molecule has 120 valence electrons. The Bertz CT molecular complexity index is 499. The lowest BCUT2D eigenvalue weighted by atomic mass is 10.1. The Morgan fingerprint density at radius 2 is 2.05 bits per heavy atom. The highest BCUT2D eigenvalue weighted by atomic mass is 16.1. The van der Waals surface area contributed by atoms with E-state index in [1.165, 1.54) is 0 Å². The van der Waals surface area contributed by atoms with Crippen LogP contribution in [-0.4, -0.2) is 24.4 Å². The molecule has 0 aliphatic carbocycles. The summed E-state index contributed by atoms with van der Waals surface area (Å²) in [6.45, 7) is 10.8. The first-order chi connectivity index (χ1) is 10.7. The SMILES string of the molecule is C=C(/C=C\C=C/C)c1ccc(C(=O)CCCNC)cn1.CC. The van der Waals surface area contributed by atoms with E-state index in [-0.39, 0.29) is 5.78 Å². The van der Waals surface area contributed by atoms with Crippen LogP contribution in [-0.2, 0) is 0 Å². The molecule has 0 atom stereocenters. The van der Waals surface area contributed by atoms with E-state index in [4.69, 9.17) is 0 Å². The molecule has 0 fully saturated rings. The van der Waals surface area contributed by atoms with E-state index in [2.05, 4.69) is 16.9 Å². The van der Waals surface area contributed by atoms with Gasteiger partial charge in [-0.1, -0.05) is 44.7 Å². The van der Waals surface area contributed by atoms with Gasteiger partial charge in [0.05, 0.1) is 5.69 Å². The Hall–Kier alpha value is -2.00. The fourth-order valence-electron chi connectivity index (χ4n) is 1.69. The minimum Gasteiger partial charge on any atom is -0.320 e. The summed E-state index contributed by atoms with van der Waals surface area (Å²) >= 11 is 0. The lowest BCUT2D eigenvalue weighted by molar-refractivity contribution is 0.0980. The molecule has 0 radical (unpaired) electrons. The van der Waals surface area contributed by atoms with Crippen molar-refractivity contribution in [3.63, 3.8) is 0 Å². The van der Waals surface area contributed by atoms with Crippen LogP contribution in [0, 0.1) is 0 Å². The lowest BCUT2D eigenvalue weighted by Crippen LogP contribution is -2.10. The van der Waals surface area contributed by atoms with Crippen molar-refractivity contribution in [2.45, 2.75) is 33.6 Å². The van der Waals surface area contributed by atoms with Crippen LogP contribution < -0.4 is 5.32 Å². The molecular weight excluding hydrogens is 272 g/mol. The Kier molecular flexibility index (Phi) is 11.6. The van der Waals surface area contributed by atoms with Gasteiger partial charge in [0.2, 0.25) is 0 Å². The number of hydrogen-bond donors (Lipinski definition) is 1. The molecule has 22 heavy (non-hydrogen) atoms. The number of rotatable bonds is 8. The van der Waals surface area contributed by atoms with Gasteiger partial charge in [-0.2, -0.15) is 0 Å². The molecule has 1 aromatic rings. The number of Topliss-reactive ketones (excluding diaryl/α,β-unsaturated/α-hetero) is 1. The number of aromatic nitrogens is 1. The van der Waals surface area contributed by atoms with Crippen molar-refractivity contribution in [1.29, 1.82) is 0 Å². The van der Waals surface area contributed by atoms with Gasteiger partial charge in [0.25, 0.3) is 0 Å². The molecule has 0 aromatic carbocycles. The fourth-order valence-corrected chi connectivity index (χ4v) is 1.69. The Balaban J connectivity index is 0.00000211. The second-order valence-corrected chi connectivity index (χ2v) is 4.47. The predicted octanol–water partition coefficient (Wildman–Crippen LogP) is 4.44. The third kappa shape index (κ3) is 7.70. The number of carbonyl (C=O) groups is 1. The van der Waals surface area contributed by atoms with Crippen LogP contribution >= 0.6 is 0 Å². The second kappa shape index (κ2) is 12.7. The maximum Gasteiger partial charge on any atom is 0.164 e. The van der Waals surface area contributed by atoms with E-state index in [9.17, 15) is 4.79 Å². The molecule has 1 N–H and O–H groups in total. The van der Waals surface area contributed by atoms with Gasteiger partial charge in [-0.05, 0) is 44.6 Å². The van der Waals surface area contributed by atoms with Crippen molar-refractivity contribution >= 4 is 11.4 Å². The lowest BCUT2D eigenvalue weighted by Gasteiger charge is -2.03. The van der Waals surface area contributed by atoms with Crippen molar-refractivity contribution in [3.8, 4) is 0 Å². The van der Waals surface area contributed by atoms with E-state index in [1.54, 1.807) is 6.20 Å². The molecule has 0 saturated heterocycles. The van der Waals surface area contributed by atoms with Crippen LogP contribution in [0.4, 0.5) is 0 Å². The number of hydrogen-bond acceptors (Lipinski definition) is 3. The van der Waals surface area contributed by atoms with E-state index in [0.717, 1.165) is 24.2 Å². The van der Waals surface area contributed by atoms with Crippen LogP contribution in [0.1, 0.15) is 49.7 Å². The van der Waals surface area contributed by atoms with Crippen LogP contribution in [0.15, 0.2) is 49.2 Å². The van der Waals surface area contributed by atoms with Crippen LogP contribution in [0.3, 0.4) is 0 Å². The van der Waals surface area contributed by atoms with E-state index in [1.807, 2.05) is 64.3 Å². The van der Waals surface area contributed by atoms with E-state index < -0.39 is 0 Å². The molecule has 0 unspecified atom stereocenters. The summed E-state index contributed by atoms with van der Waals surface area (Å²) in [6.07, 6.45) is 10.7. The number of ketones is 1. The molecule has 1 aromatic heterocycles. The maximum atomic E-state index is 11.9. The minimum atomic E-state index is 0.134. The van der Waals surface area contributed by atoms with Gasteiger partial charge in [0, 0.05) is 18.2 Å². The van der Waals surface area contributed by atoms with Crippen molar-refractivity contribution in [2.24, 2.45) is 0 Å². The molecule has 1 rings (SSSR count). The average molecular weight is 300 g/mol. The average Bonchev–Trinajstić information content (AvgIpc) is 2.57. The Morgan fingerprint density at radius 3 is 2.59 bits per heavy atom. The fraction of sp³-hybridized carbons (Fsp3) is 0.368. The predicted molar refractivity (Wildman–Crippen MR) is 96.1 cm³/mol. The summed E-state index contributed by atoms with van der Waals surface area (Å²) in [5, 5.41) is 3.03. The Morgan fingerprint density at radius 1 is 1.32 bits per heavy atom. The molecule has 1 heterocycles. The number of allylic oxidation sites excluding steroid dienone is 5. The molecule has 0 amide bonds. The monoisotopic (exact) mass is 300 g/mol. The summed E-state index contributed by atoms with van der Waals surface area (Å²) in [7, 11) is 1.88. The van der Waals surface area contributed by atoms with Gasteiger partial charge in [-0.15, -0.1) is 0 Å². The first-order valence-corrected chi connectivity index (χ1v) is 7.81. The third-order valence-corrected chi connectivity index (χ3v) is 2.85. The zero-order valence-electron chi connectivity index (χ0n) is 14.2. The standard InChI is InChI=1S/C17H22N2O.C2H6/c1-4-5-6-8-14(2)16-11-10-15(13-19-16)17(20)9-7-12-18-3;1-2/h4-6,8,10-11,13,18H,2,7,9,12H2,1,3H3;1-2H3/b5-4-,8-6-;. The Labute approximate surface area is 134 Å². The highest BCUT2D eigenvalue weighted by Crippen LogP contribution is 2.13. The molecule has 3 nitrogen and oxygen atoms in total. The minimum absolute atomic E-state index is 0.134. The number of carbonyl (C=O) groups excluding carboxylic acids is 1. The summed E-state index contributed by atoms with van der Waals surface area (Å²) < 4.78 is 0. The van der Waals surface area contributed by atoms with Crippen molar-refractivity contribution in [2.75, 3.05) is 13.6 Å². The number of pyridine rings is 1. The van der Waals surface area contributed by atoms with Crippen LogP contribution in [0.5, 0.6) is 0 Å². The van der Waals surface area contributed by atoms with Crippen LogP contribution in [0.2, 0.25) is 0 Å². The zero-order valence-corrected chi connectivity index (χ0v) is 14.2. The molecule has 0 bridgehead atoms. The van der Waals surface area contributed by atoms with Gasteiger partial charge in [-0.25, -0.2) is 0 Å². The molecular formula is C19H28N2O. The largest absolute Gasteiger partial charge is 0.320 e. The molecule has 0 spiro atoms. The molecule has 0 saturated carbocycles.